The summed E-state index contributed by atoms with van der Waals surface area (Å²) in [5.74, 6) is 0. The lowest BCUT2D eigenvalue weighted by Crippen LogP contribution is -2.21. The SMILES string of the molecule is NCCCCCCNC(=O)O. The molecule has 0 rings (SSSR count). The number of nitrogens with two attached hydrogens (primary N) is 1. The molecule has 0 aromatic rings. The van der Waals surface area contributed by atoms with Gasteiger partial charge in [-0.2, -0.15) is 0 Å². The van der Waals surface area contributed by atoms with Crippen LogP contribution in [0.3, 0.4) is 0 Å². The first-order valence-corrected chi connectivity index (χ1v) is 3.94. The number of amides is 1. The molecule has 66 valence electrons. The van der Waals surface area contributed by atoms with Gasteiger partial charge in [-0.1, -0.05) is 12.8 Å². The summed E-state index contributed by atoms with van der Waals surface area (Å²) in [6.45, 7) is 1.28. The van der Waals surface area contributed by atoms with Crippen molar-refractivity contribution in [3.05, 3.63) is 0 Å². The van der Waals surface area contributed by atoms with E-state index in [2.05, 4.69) is 5.32 Å². The van der Waals surface area contributed by atoms with Crippen LogP contribution in [0.5, 0.6) is 0 Å². The maximum absolute atomic E-state index is 9.96. The molecule has 0 atom stereocenters. The Balaban J connectivity index is 2.85. The Hall–Kier alpha value is -0.770. The third kappa shape index (κ3) is 9.23. The molecule has 0 saturated carbocycles. The van der Waals surface area contributed by atoms with Crippen LogP contribution in [0.1, 0.15) is 25.7 Å². The van der Waals surface area contributed by atoms with E-state index in [9.17, 15) is 4.79 Å². The number of unbranched alkanes of at least 4 members (excludes halogenated alkanes) is 3. The standard InChI is InChI=1S/C7H16N2O2/c8-5-3-1-2-4-6-9-7(10)11/h9H,1-6,8H2,(H,10,11). The monoisotopic (exact) mass is 160 g/mol. The fraction of sp³-hybridized carbons (Fsp3) is 0.857. The van der Waals surface area contributed by atoms with Crippen molar-refractivity contribution in [2.24, 2.45) is 5.73 Å². The molecule has 4 nitrogen and oxygen atoms in total. The Morgan fingerprint density at radius 1 is 1.27 bits per heavy atom. The fourth-order valence-corrected chi connectivity index (χ4v) is 0.818. The van der Waals surface area contributed by atoms with Crippen molar-refractivity contribution in [1.82, 2.24) is 5.32 Å². The predicted molar refractivity (Wildman–Crippen MR) is 43.5 cm³/mol. The van der Waals surface area contributed by atoms with Gasteiger partial charge in [0.25, 0.3) is 0 Å². The van der Waals surface area contributed by atoms with Crippen molar-refractivity contribution in [3.63, 3.8) is 0 Å². The average molecular weight is 160 g/mol. The summed E-state index contributed by atoms with van der Waals surface area (Å²) in [7, 11) is 0. The molecule has 11 heavy (non-hydrogen) atoms. The number of carbonyl (C=O) groups is 1. The summed E-state index contributed by atoms with van der Waals surface area (Å²) < 4.78 is 0. The van der Waals surface area contributed by atoms with E-state index in [1.54, 1.807) is 0 Å². The van der Waals surface area contributed by atoms with Gasteiger partial charge < -0.3 is 16.2 Å². The second kappa shape index (κ2) is 7.34. The molecular formula is C7H16N2O2. The Labute approximate surface area is 66.8 Å². The van der Waals surface area contributed by atoms with Crippen LogP contribution in [0.2, 0.25) is 0 Å². The van der Waals surface area contributed by atoms with Gasteiger partial charge in [0.1, 0.15) is 0 Å². The minimum absolute atomic E-state index is 0.555. The quantitative estimate of drug-likeness (QED) is 0.502. The van der Waals surface area contributed by atoms with Gasteiger partial charge in [-0.15, -0.1) is 0 Å². The van der Waals surface area contributed by atoms with E-state index >= 15 is 0 Å². The van der Waals surface area contributed by atoms with Gasteiger partial charge in [0, 0.05) is 6.54 Å². The molecule has 0 bridgehead atoms. The minimum Gasteiger partial charge on any atom is -0.465 e. The number of hydrogen-bond donors (Lipinski definition) is 3. The van der Waals surface area contributed by atoms with Gasteiger partial charge in [0.2, 0.25) is 0 Å². The molecule has 0 aliphatic heterocycles. The Kier molecular flexibility index (Phi) is 6.82. The smallest absolute Gasteiger partial charge is 0.404 e. The molecular weight excluding hydrogens is 144 g/mol. The predicted octanol–water partition coefficient (Wildman–Crippen LogP) is 0.773. The maximum Gasteiger partial charge on any atom is 0.404 e. The highest BCUT2D eigenvalue weighted by Gasteiger charge is 1.92. The van der Waals surface area contributed by atoms with E-state index in [-0.39, 0.29) is 0 Å². The highest BCUT2D eigenvalue weighted by Crippen LogP contribution is 1.96. The van der Waals surface area contributed by atoms with Gasteiger partial charge in [0.15, 0.2) is 0 Å². The lowest BCUT2D eigenvalue weighted by molar-refractivity contribution is 0.194. The van der Waals surface area contributed by atoms with Crippen LogP contribution in [-0.4, -0.2) is 24.3 Å². The summed E-state index contributed by atoms with van der Waals surface area (Å²) in [5.41, 5.74) is 5.28. The first-order valence-electron chi connectivity index (χ1n) is 3.94. The summed E-state index contributed by atoms with van der Waals surface area (Å²) in [4.78, 5) is 9.96. The lowest BCUT2D eigenvalue weighted by atomic mass is 10.2. The van der Waals surface area contributed by atoms with Crippen LogP contribution < -0.4 is 11.1 Å². The van der Waals surface area contributed by atoms with Gasteiger partial charge in [-0.3, -0.25) is 0 Å². The lowest BCUT2D eigenvalue weighted by Gasteiger charge is -1.99. The van der Waals surface area contributed by atoms with Crippen molar-refractivity contribution in [2.45, 2.75) is 25.7 Å². The number of hydrogen-bond acceptors (Lipinski definition) is 2. The van der Waals surface area contributed by atoms with Crippen molar-refractivity contribution in [1.29, 1.82) is 0 Å². The van der Waals surface area contributed by atoms with Gasteiger partial charge in [0.05, 0.1) is 0 Å². The largest absolute Gasteiger partial charge is 0.465 e. The molecule has 0 fully saturated rings. The first-order chi connectivity index (χ1) is 5.27. The summed E-state index contributed by atoms with van der Waals surface area (Å²) >= 11 is 0. The Morgan fingerprint density at radius 3 is 2.45 bits per heavy atom. The van der Waals surface area contributed by atoms with Crippen LogP contribution in [0.15, 0.2) is 0 Å². The van der Waals surface area contributed by atoms with E-state index in [1.165, 1.54) is 0 Å². The molecule has 0 saturated heterocycles. The van der Waals surface area contributed by atoms with E-state index < -0.39 is 6.09 Å². The maximum atomic E-state index is 9.96. The van der Waals surface area contributed by atoms with Crippen LogP contribution in [0.4, 0.5) is 4.79 Å². The van der Waals surface area contributed by atoms with Gasteiger partial charge >= 0.3 is 6.09 Å². The summed E-state index contributed by atoms with van der Waals surface area (Å²) in [6.07, 6.45) is 3.15. The van der Waals surface area contributed by atoms with Crippen LogP contribution in [0, 0.1) is 0 Å². The summed E-state index contributed by atoms with van der Waals surface area (Å²) in [5, 5.41) is 10.5. The van der Waals surface area contributed by atoms with Crippen molar-refractivity contribution < 1.29 is 9.90 Å². The molecule has 0 aromatic carbocycles. The molecule has 0 spiro atoms. The second-order valence-electron chi connectivity index (χ2n) is 2.43. The third-order valence-corrected chi connectivity index (χ3v) is 1.41. The topological polar surface area (TPSA) is 75.3 Å². The Bertz CT molecular complexity index is 107. The zero-order valence-corrected chi connectivity index (χ0v) is 6.68. The molecule has 0 aliphatic rings. The zero-order valence-electron chi connectivity index (χ0n) is 6.68. The molecule has 0 unspecified atom stereocenters. The first kappa shape index (κ1) is 10.2. The normalized spacial score (nSPS) is 9.55. The van der Waals surface area contributed by atoms with Crippen molar-refractivity contribution in [3.8, 4) is 0 Å². The number of rotatable bonds is 6. The molecule has 0 aliphatic carbocycles. The van der Waals surface area contributed by atoms with Gasteiger partial charge in [-0.05, 0) is 19.4 Å². The number of carboxylic acid groups (broad SMARTS) is 1. The van der Waals surface area contributed by atoms with E-state index in [4.69, 9.17) is 10.8 Å². The molecule has 0 aromatic heterocycles. The molecule has 0 radical (unpaired) electrons. The molecule has 4 N–H and O–H groups in total. The Morgan fingerprint density at radius 2 is 1.91 bits per heavy atom. The van der Waals surface area contributed by atoms with Crippen molar-refractivity contribution in [2.75, 3.05) is 13.1 Å². The molecule has 0 heterocycles. The molecule has 4 heteroatoms. The van der Waals surface area contributed by atoms with E-state index in [0.29, 0.717) is 6.54 Å². The molecule has 1 amide bonds. The van der Waals surface area contributed by atoms with Gasteiger partial charge in [-0.25, -0.2) is 4.79 Å². The highest BCUT2D eigenvalue weighted by atomic mass is 16.4. The third-order valence-electron chi connectivity index (χ3n) is 1.41. The van der Waals surface area contributed by atoms with E-state index in [0.717, 1.165) is 32.2 Å². The van der Waals surface area contributed by atoms with E-state index in [1.807, 2.05) is 0 Å². The fourth-order valence-electron chi connectivity index (χ4n) is 0.818. The van der Waals surface area contributed by atoms with Crippen LogP contribution >= 0.6 is 0 Å². The minimum atomic E-state index is -0.941. The highest BCUT2D eigenvalue weighted by molar-refractivity contribution is 5.64. The second-order valence-corrected chi connectivity index (χ2v) is 2.43. The van der Waals surface area contributed by atoms with Crippen LogP contribution in [-0.2, 0) is 0 Å². The summed E-state index contributed by atoms with van der Waals surface area (Å²) in [6, 6.07) is 0. The average Bonchev–Trinajstić information content (AvgIpc) is 1.96. The van der Waals surface area contributed by atoms with Crippen molar-refractivity contribution >= 4 is 6.09 Å². The van der Waals surface area contributed by atoms with Crippen LogP contribution in [0.25, 0.3) is 0 Å². The zero-order chi connectivity index (χ0) is 8.53. The number of nitrogens with one attached hydrogen (secondary N) is 1.